The fraction of sp³-hybridized carbons (Fsp3) is 0.538. The Kier molecular flexibility index (Phi) is 4.02. The summed E-state index contributed by atoms with van der Waals surface area (Å²) in [6, 6.07) is 3.59. The number of carbonyl (C=O) groups is 2. The molecular formula is C13H17NO4. The zero-order chi connectivity index (χ0) is 13.0. The van der Waals surface area contributed by atoms with Crippen LogP contribution in [0.4, 0.5) is 0 Å². The Balaban J connectivity index is 1.83. The predicted molar refractivity (Wildman–Crippen MR) is 64.0 cm³/mol. The van der Waals surface area contributed by atoms with Crippen LogP contribution in [0.5, 0.6) is 0 Å². The number of hydrogen-bond donors (Lipinski definition) is 1. The minimum Gasteiger partial charge on any atom is -0.480 e. The third kappa shape index (κ3) is 3.91. The molecule has 5 nitrogen and oxygen atoms in total. The van der Waals surface area contributed by atoms with E-state index in [-0.39, 0.29) is 12.5 Å². The van der Waals surface area contributed by atoms with Gasteiger partial charge in [-0.05, 0) is 30.9 Å². The van der Waals surface area contributed by atoms with Gasteiger partial charge in [0.05, 0.1) is 6.26 Å². The number of aliphatic carboxylic acids is 1. The van der Waals surface area contributed by atoms with Gasteiger partial charge in [0.15, 0.2) is 0 Å². The average Bonchev–Trinajstić information content (AvgIpc) is 2.98. The summed E-state index contributed by atoms with van der Waals surface area (Å²) in [5.74, 6) is 0.185. The fourth-order valence-corrected chi connectivity index (χ4v) is 1.87. The maximum atomic E-state index is 12.0. The molecule has 1 saturated carbocycles. The monoisotopic (exact) mass is 251 g/mol. The molecule has 0 spiro atoms. The van der Waals surface area contributed by atoms with E-state index < -0.39 is 5.97 Å². The molecule has 1 amide bonds. The summed E-state index contributed by atoms with van der Waals surface area (Å²) in [4.78, 5) is 24.1. The highest BCUT2D eigenvalue weighted by atomic mass is 16.4. The van der Waals surface area contributed by atoms with E-state index in [0.717, 1.165) is 18.6 Å². The summed E-state index contributed by atoms with van der Waals surface area (Å²) in [5.41, 5.74) is 0. The van der Waals surface area contributed by atoms with Gasteiger partial charge in [-0.1, -0.05) is 0 Å². The lowest BCUT2D eigenvalue weighted by Gasteiger charge is -2.20. The van der Waals surface area contributed by atoms with E-state index >= 15 is 0 Å². The topological polar surface area (TPSA) is 70.8 Å². The molecule has 1 aliphatic rings. The molecule has 0 unspecified atom stereocenters. The number of aryl methyl sites for hydroxylation is 1. The molecule has 0 atom stereocenters. The molecule has 0 radical (unpaired) electrons. The molecule has 1 aromatic rings. The number of rotatable bonds is 7. The highest BCUT2D eigenvalue weighted by Crippen LogP contribution is 2.29. The fourth-order valence-electron chi connectivity index (χ4n) is 1.87. The number of amides is 1. The summed E-state index contributed by atoms with van der Waals surface area (Å²) in [6.45, 7) is 0.372. The molecule has 98 valence electrons. The average molecular weight is 251 g/mol. The van der Waals surface area contributed by atoms with Crippen molar-refractivity contribution in [2.75, 3.05) is 13.1 Å². The third-order valence-corrected chi connectivity index (χ3v) is 3.02. The summed E-state index contributed by atoms with van der Waals surface area (Å²) in [6.07, 6.45) is 4.59. The second-order valence-electron chi connectivity index (χ2n) is 4.69. The Hall–Kier alpha value is -1.78. The Morgan fingerprint density at radius 2 is 2.22 bits per heavy atom. The first-order valence-electron chi connectivity index (χ1n) is 6.17. The molecule has 2 rings (SSSR count). The maximum Gasteiger partial charge on any atom is 0.323 e. The van der Waals surface area contributed by atoms with Crippen LogP contribution in [0, 0.1) is 5.92 Å². The number of hydrogen-bond acceptors (Lipinski definition) is 3. The second-order valence-corrected chi connectivity index (χ2v) is 4.69. The highest BCUT2D eigenvalue weighted by Gasteiger charge is 2.27. The molecule has 18 heavy (non-hydrogen) atoms. The van der Waals surface area contributed by atoms with Gasteiger partial charge in [0.1, 0.15) is 12.3 Å². The first-order valence-corrected chi connectivity index (χ1v) is 6.17. The zero-order valence-electron chi connectivity index (χ0n) is 10.2. The molecule has 0 aromatic carbocycles. The molecule has 0 aliphatic heterocycles. The Morgan fingerprint density at radius 1 is 1.44 bits per heavy atom. The van der Waals surface area contributed by atoms with Crippen LogP contribution in [0.1, 0.15) is 25.0 Å². The minimum atomic E-state index is -0.956. The van der Waals surface area contributed by atoms with E-state index in [2.05, 4.69) is 0 Å². The quantitative estimate of drug-likeness (QED) is 0.797. The van der Waals surface area contributed by atoms with Crippen molar-refractivity contribution in [1.29, 1.82) is 0 Å². The van der Waals surface area contributed by atoms with Crippen LogP contribution >= 0.6 is 0 Å². The van der Waals surface area contributed by atoms with Gasteiger partial charge < -0.3 is 14.4 Å². The molecule has 1 heterocycles. The van der Waals surface area contributed by atoms with Gasteiger partial charge in [-0.25, -0.2) is 0 Å². The molecule has 0 saturated heterocycles. The zero-order valence-corrected chi connectivity index (χ0v) is 10.2. The van der Waals surface area contributed by atoms with E-state index in [1.54, 1.807) is 12.3 Å². The van der Waals surface area contributed by atoms with E-state index in [1.165, 1.54) is 4.90 Å². The van der Waals surface area contributed by atoms with Crippen molar-refractivity contribution in [3.63, 3.8) is 0 Å². The molecular weight excluding hydrogens is 234 g/mol. The first kappa shape index (κ1) is 12.7. The summed E-state index contributed by atoms with van der Waals surface area (Å²) in [7, 11) is 0. The van der Waals surface area contributed by atoms with Crippen LogP contribution < -0.4 is 0 Å². The van der Waals surface area contributed by atoms with E-state index in [0.29, 0.717) is 25.3 Å². The molecule has 0 bridgehead atoms. The van der Waals surface area contributed by atoms with Gasteiger partial charge in [0.25, 0.3) is 0 Å². The van der Waals surface area contributed by atoms with Crippen molar-refractivity contribution < 1.29 is 19.1 Å². The molecule has 1 aliphatic carbocycles. The number of furan rings is 1. The van der Waals surface area contributed by atoms with Gasteiger partial charge >= 0.3 is 5.97 Å². The van der Waals surface area contributed by atoms with Gasteiger partial charge in [0.2, 0.25) is 5.91 Å². The summed E-state index contributed by atoms with van der Waals surface area (Å²) in [5, 5.41) is 8.81. The van der Waals surface area contributed by atoms with Crippen LogP contribution in [-0.2, 0) is 16.0 Å². The predicted octanol–water partition coefficient (Wildman–Crippen LogP) is 1.54. The van der Waals surface area contributed by atoms with Crippen LogP contribution in [-0.4, -0.2) is 35.0 Å². The first-order chi connectivity index (χ1) is 8.65. The Morgan fingerprint density at radius 3 is 2.78 bits per heavy atom. The highest BCUT2D eigenvalue weighted by molar-refractivity contribution is 5.81. The van der Waals surface area contributed by atoms with Gasteiger partial charge in [-0.2, -0.15) is 0 Å². The molecule has 1 fully saturated rings. The van der Waals surface area contributed by atoms with Crippen molar-refractivity contribution in [2.45, 2.75) is 25.7 Å². The van der Waals surface area contributed by atoms with E-state index in [4.69, 9.17) is 9.52 Å². The van der Waals surface area contributed by atoms with Crippen LogP contribution in [0.25, 0.3) is 0 Å². The molecule has 5 heteroatoms. The van der Waals surface area contributed by atoms with Crippen molar-refractivity contribution in [1.82, 2.24) is 4.90 Å². The van der Waals surface area contributed by atoms with Crippen LogP contribution in [0.15, 0.2) is 22.8 Å². The normalized spacial score (nSPS) is 14.4. The van der Waals surface area contributed by atoms with Gasteiger partial charge in [-0.3, -0.25) is 9.59 Å². The van der Waals surface area contributed by atoms with Crippen molar-refractivity contribution in [3.8, 4) is 0 Å². The third-order valence-electron chi connectivity index (χ3n) is 3.02. The van der Waals surface area contributed by atoms with Gasteiger partial charge in [0, 0.05) is 19.4 Å². The van der Waals surface area contributed by atoms with Crippen molar-refractivity contribution in [3.05, 3.63) is 24.2 Å². The van der Waals surface area contributed by atoms with Crippen molar-refractivity contribution >= 4 is 11.9 Å². The maximum absolute atomic E-state index is 12.0. The summed E-state index contributed by atoms with van der Waals surface area (Å²) < 4.78 is 5.15. The smallest absolute Gasteiger partial charge is 0.323 e. The number of carboxylic acids is 1. The lowest BCUT2D eigenvalue weighted by atomic mass is 10.2. The Bertz CT molecular complexity index is 409. The number of carboxylic acid groups (broad SMARTS) is 1. The number of carbonyl (C=O) groups excluding carboxylic acids is 1. The lowest BCUT2D eigenvalue weighted by molar-refractivity contribution is -0.144. The summed E-state index contributed by atoms with van der Waals surface area (Å²) >= 11 is 0. The minimum absolute atomic E-state index is 0.110. The van der Waals surface area contributed by atoms with Crippen molar-refractivity contribution in [2.24, 2.45) is 5.92 Å². The van der Waals surface area contributed by atoms with Gasteiger partial charge in [-0.15, -0.1) is 0 Å². The SMILES string of the molecule is O=C(O)CN(CC1CC1)C(=O)CCc1ccco1. The van der Waals surface area contributed by atoms with Crippen LogP contribution in [0.2, 0.25) is 0 Å². The van der Waals surface area contributed by atoms with E-state index in [1.807, 2.05) is 6.07 Å². The lowest BCUT2D eigenvalue weighted by Crippen LogP contribution is -2.37. The van der Waals surface area contributed by atoms with Crippen LogP contribution in [0.3, 0.4) is 0 Å². The standard InChI is InChI=1S/C13H17NO4/c15-12(6-5-11-2-1-7-18-11)14(9-13(16)17)8-10-3-4-10/h1-2,7,10H,3-6,8-9H2,(H,16,17). The molecule has 1 aromatic heterocycles. The second kappa shape index (κ2) is 5.71. The number of nitrogens with zero attached hydrogens (tertiary/aromatic N) is 1. The molecule has 1 N–H and O–H groups in total. The largest absolute Gasteiger partial charge is 0.480 e. The Labute approximate surface area is 105 Å². The van der Waals surface area contributed by atoms with E-state index in [9.17, 15) is 9.59 Å².